The summed E-state index contributed by atoms with van der Waals surface area (Å²) in [5.41, 5.74) is 3.80. The van der Waals surface area contributed by atoms with Crippen molar-refractivity contribution in [2.75, 3.05) is 0 Å². The molecule has 0 aliphatic carbocycles. The average Bonchev–Trinajstić information content (AvgIpc) is 2.37. The summed E-state index contributed by atoms with van der Waals surface area (Å²) >= 11 is 0. The number of hydrogen-bond acceptors (Lipinski definition) is 2. The van der Waals surface area contributed by atoms with Gasteiger partial charge in [-0.05, 0) is 36.8 Å². The lowest BCUT2D eigenvalue weighted by Gasteiger charge is -1.96. The van der Waals surface area contributed by atoms with Crippen LogP contribution in [0.2, 0.25) is 0 Å². The molecule has 0 aliphatic rings. The van der Waals surface area contributed by atoms with Crippen LogP contribution in [0.5, 0.6) is 0 Å². The third-order valence-corrected chi connectivity index (χ3v) is 2.40. The summed E-state index contributed by atoms with van der Waals surface area (Å²) < 4.78 is 0. The maximum absolute atomic E-state index is 8.68. The molecule has 17 heavy (non-hydrogen) atoms. The number of nitrogens with zero attached hydrogens (tertiary/aromatic N) is 2. The second-order valence-electron chi connectivity index (χ2n) is 3.83. The fourth-order valence-electron chi connectivity index (χ4n) is 1.52. The van der Waals surface area contributed by atoms with Gasteiger partial charge in [0.15, 0.2) is 0 Å². The number of nitriles is 1. The molecule has 0 amide bonds. The molecule has 0 unspecified atom stereocenters. The zero-order valence-electron chi connectivity index (χ0n) is 9.59. The zero-order valence-corrected chi connectivity index (χ0v) is 9.59. The molecule has 2 rings (SSSR count). The Morgan fingerprint density at radius 2 is 1.88 bits per heavy atom. The van der Waals surface area contributed by atoms with Crippen LogP contribution in [0.3, 0.4) is 0 Å². The summed E-state index contributed by atoms with van der Waals surface area (Å²) in [5.74, 6) is 0. The zero-order chi connectivity index (χ0) is 12.1. The van der Waals surface area contributed by atoms with E-state index in [4.69, 9.17) is 5.26 Å². The Bertz CT molecular complexity index is 575. The average molecular weight is 220 g/mol. The van der Waals surface area contributed by atoms with Crippen molar-refractivity contribution >= 4 is 11.9 Å². The van der Waals surface area contributed by atoms with E-state index in [-0.39, 0.29) is 0 Å². The first-order valence-electron chi connectivity index (χ1n) is 5.39. The highest BCUT2D eigenvalue weighted by Gasteiger charge is 1.91. The van der Waals surface area contributed by atoms with E-state index in [1.54, 1.807) is 12.1 Å². The molecule has 2 aromatic carbocycles. The fourth-order valence-corrected chi connectivity index (χ4v) is 1.52. The van der Waals surface area contributed by atoms with Crippen LogP contribution in [0.25, 0.3) is 0 Å². The highest BCUT2D eigenvalue weighted by molar-refractivity contribution is 5.82. The number of aliphatic imine (C=N–C) groups is 1. The predicted octanol–water partition coefficient (Wildman–Crippen LogP) is 3.62. The largest absolute Gasteiger partial charge is 0.256 e. The quantitative estimate of drug-likeness (QED) is 0.712. The van der Waals surface area contributed by atoms with Crippen LogP contribution >= 0.6 is 0 Å². The Balaban J connectivity index is 2.17. The minimum Gasteiger partial charge on any atom is -0.256 e. The Morgan fingerprint density at radius 1 is 1.12 bits per heavy atom. The summed E-state index contributed by atoms with van der Waals surface area (Å²) in [6, 6.07) is 17.4. The van der Waals surface area contributed by atoms with Gasteiger partial charge in [-0.1, -0.05) is 29.8 Å². The van der Waals surface area contributed by atoms with E-state index in [1.165, 1.54) is 5.56 Å². The van der Waals surface area contributed by atoms with Gasteiger partial charge in [0.1, 0.15) is 0 Å². The topological polar surface area (TPSA) is 36.1 Å². The van der Waals surface area contributed by atoms with Gasteiger partial charge < -0.3 is 0 Å². The molecular weight excluding hydrogens is 208 g/mol. The molecule has 0 atom stereocenters. The van der Waals surface area contributed by atoms with Crippen LogP contribution < -0.4 is 0 Å². The molecule has 0 saturated carbocycles. The van der Waals surface area contributed by atoms with Gasteiger partial charge in [0, 0.05) is 6.21 Å². The fraction of sp³-hybridized carbons (Fsp3) is 0.0667. The third-order valence-electron chi connectivity index (χ3n) is 2.40. The van der Waals surface area contributed by atoms with Crippen LogP contribution in [0.15, 0.2) is 53.5 Å². The molecule has 2 heteroatoms. The van der Waals surface area contributed by atoms with Gasteiger partial charge in [-0.15, -0.1) is 0 Å². The number of hydrogen-bond donors (Lipinski definition) is 0. The molecule has 2 aromatic rings. The highest BCUT2D eigenvalue weighted by Crippen LogP contribution is 2.12. The van der Waals surface area contributed by atoms with Crippen molar-refractivity contribution < 1.29 is 0 Å². The Hall–Kier alpha value is -2.40. The Morgan fingerprint density at radius 3 is 2.53 bits per heavy atom. The maximum Gasteiger partial charge on any atom is 0.0991 e. The molecule has 82 valence electrons. The normalized spacial score (nSPS) is 10.4. The van der Waals surface area contributed by atoms with Gasteiger partial charge in [0.2, 0.25) is 0 Å². The Kier molecular flexibility index (Phi) is 3.32. The third kappa shape index (κ3) is 3.02. The second-order valence-corrected chi connectivity index (χ2v) is 3.83. The summed E-state index contributed by atoms with van der Waals surface area (Å²) in [6.45, 7) is 2.05. The Labute approximate surface area is 101 Å². The van der Waals surface area contributed by atoms with E-state index in [0.29, 0.717) is 5.56 Å². The van der Waals surface area contributed by atoms with Crippen molar-refractivity contribution in [2.24, 2.45) is 4.99 Å². The standard InChI is InChI=1S/C15H12N2/c1-12-3-2-4-14(9-12)11-17-15-7-5-13(10-16)6-8-15/h2-9,11H,1H3/b17-11+. The first-order chi connectivity index (χ1) is 8.28. The molecule has 0 aliphatic heterocycles. The van der Waals surface area contributed by atoms with Crippen LogP contribution in [-0.4, -0.2) is 6.21 Å². The lowest BCUT2D eigenvalue weighted by atomic mass is 10.1. The molecule has 0 radical (unpaired) electrons. The molecule has 0 aromatic heterocycles. The van der Waals surface area contributed by atoms with Crippen LogP contribution in [0.1, 0.15) is 16.7 Å². The van der Waals surface area contributed by atoms with Crippen molar-refractivity contribution in [3.05, 3.63) is 65.2 Å². The van der Waals surface area contributed by atoms with E-state index in [1.807, 2.05) is 30.5 Å². The molecule has 0 fully saturated rings. The molecule has 0 saturated heterocycles. The van der Waals surface area contributed by atoms with Crippen molar-refractivity contribution in [2.45, 2.75) is 6.92 Å². The lowest BCUT2D eigenvalue weighted by Crippen LogP contribution is -1.81. The molecule has 0 N–H and O–H groups in total. The van der Waals surface area contributed by atoms with Gasteiger partial charge in [0.05, 0.1) is 17.3 Å². The van der Waals surface area contributed by atoms with E-state index < -0.39 is 0 Å². The molecule has 0 spiro atoms. The number of rotatable bonds is 2. The van der Waals surface area contributed by atoms with Gasteiger partial charge in [-0.3, -0.25) is 4.99 Å². The predicted molar refractivity (Wildman–Crippen MR) is 69.6 cm³/mol. The summed E-state index contributed by atoms with van der Waals surface area (Å²) in [5, 5.41) is 8.68. The monoisotopic (exact) mass is 220 g/mol. The number of aryl methyl sites for hydroxylation is 1. The van der Waals surface area contributed by atoms with Gasteiger partial charge in [0.25, 0.3) is 0 Å². The van der Waals surface area contributed by atoms with Gasteiger partial charge >= 0.3 is 0 Å². The van der Waals surface area contributed by atoms with Crippen LogP contribution in [0.4, 0.5) is 5.69 Å². The molecule has 0 heterocycles. The van der Waals surface area contributed by atoms with Crippen LogP contribution in [0, 0.1) is 18.3 Å². The second kappa shape index (κ2) is 5.09. The molecule has 2 nitrogen and oxygen atoms in total. The van der Waals surface area contributed by atoms with Crippen molar-refractivity contribution in [3.63, 3.8) is 0 Å². The first-order valence-corrected chi connectivity index (χ1v) is 5.39. The summed E-state index contributed by atoms with van der Waals surface area (Å²) in [4.78, 5) is 4.36. The van der Waals surface area contributed by atoms with E-state index in [9.17, 15) is 0 Å². The molecular formula is C15H12N2. The minimum atomic E-state index is 0.652. The van der Waals surface area contributed by atoms with Crippen molar-refractivity contribution in [1.29, 1.82) is 5.26 Å². The van der Waals surface area contributed by atoms with E-state index >= 15 is 0 Å². The minimum absolute atomic E-state index is 0.652. The van der Waals surface area contributed by atoms with E-state index in [2.05, 4.69) is 30.1 Å². The smallest absolute Gasteiger partial charge is 0.0991 e. The SMILES string of the molecule is Cc1cccc(/C=N/c2ccc(C#N)cc2)c1. The lowest BCUT2D eigenvalue weighted by molar-refractivity contribution is 1.45. The van der Waals surface area contributed by atoms with Gasteiger partial charge in [-0.2, -0.15) is 5.26 Å². The van der Waals surface area contributed by atoms with Crippen molar-refractivity contribution in [1.82, 2.24) is 0 Å². The van der Waals surface area contributed by atoms with Gasteiger partial charge in [-0.25, -0.2) is 0 Å². The van der Waals surface area contributed by atoms with E-state index in [0.717, 1.165) is 11.3 Å². The maximum atomic E-state index is 8.68. The number of benzene rings is 2. The summed E-state index contributed by atoms with van der Waals surface area (Å²) in [7, 11) is 0. The molecule has 0 bridgehead atoms. The van der Waals surface area contributed by atoms with Crippen molar-refractivity contribution in [3.8, 4) is 6.07 Å². The van der Waals surface area contributed by atoms with Crippen LogP contribution in [-0.2, 0) is 0 Å². The highest BCUT2D eigenvalue weighted by atomic mass is 14.7. The first kappa shape index (κ1) is 11.1. The summed E-state index contributed by atoms with van der Waals surface area (Å²) in [6.07, 6.45) is 1.83.